The molecule has 2 saturated heterocycles. The molecule has 0 bridgehead atoms. The van der Waals surface area contributed by atoms with Gasteiger partial charge < -0.3 is 10.1 Å². The lowest BCUT2D eigenvalue weighted by Gasteiger charge is -2.33. The lowest BCUT2D eigenvalue weighted by Crippen LogP contribution is -2.44. The molecule has 14 nitrogen and oxygen atoms in total. The smallest absolute Gasteiger partial charge is 0.329 e. The minimum Gasteiger partial charge on any atom is -0.378 e. The molecule has 2 N–H and O–H groups in total. The number of benzene rings is 2. The van der Waals surface area contributed by atoms with Crippen LogP contribution < -0.4 is 16.3 Å². The largest absolute Gasteiger partial charge is 0.378 e. The predicted octanol–water partition coefficient (Wildman–Crippen LogP) is 3.93. The second kappa shape index (κ2) is 14.4. The Morgan fingerprint density at radius 2 is 1.92 bits per heavy atom. The number of halogens is 2. The summed E-state index contributed by atoms with van der Waals surface area (Å²) in [6.07, 6.45) is 5.78. The maximum atomic E-state index is 14.0. The third-order valence-corrected chi connectivity index (χ3v) is 10.0. The van der Waals surface area contributed by atoms with Gasteiger partial charge in [-0.25, -0.2) is 27.8 Å². The van der Waals surface area contributed by atoms with Gasteiger partial charge in [-0.3, -0.25) is 28.9 Å². The number of ether oxygens (including phenoxy) is 1. The molecule has 0 aliphatic carbocycles. The van der Waals surface area contributed by atoms with E-state index in [0.29, 0.717) is 36.4 Å². The van der Waals surface area contributed by atoms with Gasteiger partial charge in [-0.1, -0.05) is 24.3 Å². The number of hydrogen-bond acceptors (Lipinski definition) is 9. The van der Waals surface area contributed by atoms with Crippen LogP contribution in [0.1, 0.15) is 54.1 Å². The molecule has 53 heavy (non-hydrogen) atoms. The van der Waals surface area contributed by atoms with Crippen molar-refractivity contribution in [1.29, 1.82) is 0 Å². The SMILES string of the molecule is Cn1c(=O)n(C2CCC(=O)NC2=O)c2cccc(CC[C@H]3CN(Cc4ccc(-n5cc(NCc6cnn7cccnc67)c(C(F)F)n5)cc4)CCO3)c21. The van der Waals surface area contributed by atoms with Gasteiger partial charge in [-0.2, -0.15) is 10.2 Å². The number of nitrogens with zero attached hydrogens (tertiary/aromatic N) is 8. The van der Waals surface area contributed by atoms with Crippen molar-refractivity contribution >= 4 is 34.2 Å². The topological polar surface area (TPSA) is 146 Å². The molecular weight excluding hydrogens is 686 g/mol. The number of fused-ring (bicyclic) bond motifs is 2. The lowest BCUT2D eigenvalue weighted by atomic mass is 10.0. The Balaban J connectivity index is 0.903. The number of imide groups is 1. The average Bonchev–Trinajstić information content (AvgIpc) is 3.85. The van der Waals surface area contributed by atoms with Crippen LogP contribution in [0.15, 0.2) is 78.1 Å². The Hall–Kier alpha value is -5.74. The van der Waals surface area contributed by atoms with E-state index in [9.17, 15) is 23.2 Å². The molecule has 6 heterocycles. The van der Waals surface area contributed by atoms with Crippen molar-refractivity contribution in [2.45, 2.75) is 57.3 Å². The fourth-order valence-electron chi connectivity index (χ4n) is 7.39. The molecule has 6 aromatic rings. The summed E-state index contributed by atoms with van der Waals surface area (Å²) in [6, 6.07) is 14.5. The van der Waals surface area contributed by atoms with Crippen LogP contribution in [0.3, 0.4) is 0 Å². The minimum atomic E-state index is -2.76. The third kappa shape index (κ3) is 6.82. The van der Waals surface area contributed by atoms with Crippen LogP contribution >= 0.6 is 0 Å². The first-order valence-corrected chi connectivity index (χ1v) is 17.6. The zero-order valence-electron chi connectivity index (χ0n) is 29.0. The summed E-state index contributed by atoms with van der Waals surface area (Å²) < 4.78 is 40.3. The second-order valence-electron chi connectivity index (χ2n) is 13.5. The van der Waals surface area contributed by atoms with Gasteiger partial charge in [0.1, 0.15) is 6.04 Å². The second-order valence-corrected chi connectivity index (χ2v) is 13.5. The van der Waals surface area contributed by atoms with Crippen molar-refractivity contribution in [2.24, 2.45) is 7.05 Å². The van der Waals surface area contributed by atoms with Crippen LogP contribution in [-0.4, -0.2) is 76.0 Å². The van der Waals surface area contributed by atoms with E-state index >= 15 is 0 Å². The van der Waals surface area contributed by atoms with Crippen molar-refractivity contribution in [3.05, 3.63) is 106 Å². The van der Waals surface area contributed by atoms with Crippen molar-refractivity contribution in [3.8, 4) is 5.69 Å². The molecular formula is C37H38F2N10O4. The van der Waals surface area contributed by atoms with Gasteiger partial charge in [-0.15, -0.1) is 0 Å². The van der Waals surface area contributed by atoms with E-state index < -0.39 is 18.4 Å². The summed E-state index contributed by atoms with van der Waals surface area (Å²) in [5.74, 6) is -0.777. The van der Waals surface area contributed by atoms with Crippen molar-refractivity contribution in [3.63, 3.8) is 0 Å². The number of imidazole rings is 1. The van der Waals surface area contributed by atoms with Gasteiger partial charge in [0.15, 0.2) is 11.3 Å². The number of alkyl halides is 2. The molecule has 1 unspecified atom stereocenters. The maximum Gasteiger partial charge on any atom is 0.329 e. The molecule has 0 spiro atoms. The van der Waals surface area contributed by atoms with E-state index in [-0.39, 0.29) is 48.5 Å². The highest BCUT2D eigenvalue weighted by Crippen LogP contribution is 2.29. The quantitative estimate of drug-likeness (QED) is 0.190. The number of rotatable bonds is 11. The summed E-state index contributed by atoms with van der Waals surface area (Å²) in [6.45, 7) is 3.04. The van der Waals surface area contributed by atoms with Crippen LogP contribution in [0.25, 0.3) is 22.4 Å². The molecule has 4 aromatic heterocycles. The fourth-order valence-corrected chi connectivity index (χ4v) is 7.39. The standard InChI is InChI=1S/C37H38F2N10O4/c1-45-33-24(4-2-5-29(33)49(37(45)52)30-12-13-31(50)43-36(30)51)8-11-27-21-46(16-17-53-27)20-23-6-9-26(10-7-23)48-22-28(32(44-48)34(38)39)41-18-25-19-42-47-15-3-14-40-35(25)47/h2-7,9-10,14-15,19,22,27,30,34,41H,8,11-13,16-18,20-21H2,1H3,(H,43,50,51)/t27-,30?/m0/s1. The first kappa shape index (κ1) is 34.4. The third-order valence-electron chi connectivity index (χ3n) is 10.0. The average molecular weight is 725 g/mol. The molecule has 2 atom stereocenters. The number of piperidine rings is 1. The van der Waals surface area contributed by atoms with Crippen LogP contribution in [0.4, 0.5) is 14.5 Å². The van der Waals surface area contributed by atoms with E-state index in [1.54, 1.807) is 47.0 Å². The molecule has 274 valence electrons. The summed E-state index contributed by atoms with van der Waals surface area (Å²) >= 11 is 0. The highest BCUT2D eigenvalue weighted by atomic mass is 19.3. The molecule has 2 fully saturated rings. The van der Waals surface area contributed by atoms with E-state index in [1.807, 2.05) is 42.5 Å². The Morgan fingerprint density at radius 1 is 1.08 bits per heavy atom. The lowest BCUT2D eigenvalue weighted by molar-refractivity contribution is -0.135. The Bertz CT molecular complexity index is 2360. The van der Waals surface area contributed by atoms with E-state index in [2.05, 4.69) is 30.7 Å². The minimum absolute atomic E-state index is 0.0215. The van der Waals surface area contributed by atoms with Gasteiger partial charge >= 0.3 is 5.69 Å². The number of amides is 2. The zero-order valence-corrected chi connectivity index (χ0v) is 29.0. The highest BCUT2D eigenvalue weighted by Gasteiger charge is 2.32. The summed E-state index contributed by atoms with van der Waals surface area (Å²) in [4.78, 5) is 44.3. The van der Waals surface area contributed by atoms with Gasteiger partial charge in [-0.05, 0) is 54.7 Å². The number of hydrogen-bond donors (Lipinski definition) is 2. The van der Waals surface area contributed by atoms with Crippen molar-refractivity contribution < 1.29 is 23.1 Å². The number of para-hydroxylation sites is 1. The van der Waals surface area contributed by atoms with Crippen LogP contribution in [0.5, 0.6) is 0 Å². The maximum absolute atomic E-state index is 14.0. The summed E-state index contributed by atoms with van der Waals surface area (Å²) in [5.41, 5.74) is 5.23. The van der Waals surface area contributed by atoms with Crippen molar-refractivity contribution in [2.75, 3.05) is 25.0 Å². The summed E-state index contributed by atoms with van der Waals surface area (Å²) in [5, 5.41) is 13.9. The number of anilines is 1. The Labute approximate surface area is 302 Å². The van der Waals surface area contributed by atoms with Crippen molar-refractivity contribution in [1.82, 2.24) is 43.7 Å². The molecule has 2 aliphatic rings. The Kier molecular flexibility index (Phi) is 9.30. The number of morpholine rings is 1. The monoisotopic (exact) mass is 724 g/mol. The number of carbonyl (C=O) groups excluding carboxylic acids is 2. The molecule has 2 amide bonds. The first-order chi connectivity index (χ1) is 25.7. The highest BCUT2D eigenvalue weighted by molar-refractivity contribution is 6.00. The molecule has 0 radical (unpaired) electrons. The number of aryl methyl sites for hydroxylation is 2. The molecule has 0 saturated carbocycles. The first-order valence-electron chi connectivity index (χ1n) is 17.6. The van der Waals surface area contributed by atoms with Gasteiger partial charge in [0.25, 0.3) is 6.43 Å². The van der Waals surface area contributed by atoms with Gasteiger partial charge in [0.2, 0.25) is 11.8 Å². The van der Waals surface area contributed by atoms with Crippen LogP contribution in [0, 0.1) is 0 Å². The normalized spacial score (nSPS) is 18.3. The number of aromatic nitrogens is 7. The van der Waals surface area contributed by atoms with E-state index in [1.165, 1.54) is 9.25 Å². The van der Waals surface area contributed by atoms with E-state index in [4.69, 9.17) is 4.74 Å². The molecule has 8 rings (SSSR count). The number of nitrogens with one attached hydrogen (secondary N) is 2. The van der Waals surface area contributed by atoms with Crippen LogP contribution in [0.2, 0.25) is 0 Å². The van der Waals surface area contributed by atoms with Crippen LogP contribution in [-0.2, 0) is 40.9 Å². The predicted molar refractivity (Wildman–Crippen MR) is 191 cm³/mol. The van der Waals surface area contributed by atoms with E-state index in [0.717, 1.165) is 41.7 Å². The van der Waals surface area contributed by atoms with Gasteiger partial charge in [0, 0.05) is 57.6 Å². The Morgan fingerprint density at radius 3 is 2.74 bits per heavy atom. The molecule has 16 heteroatoms. The van der Waals surface area contributed by atoms with Gasteiger partial charge in [0.05, 0.1) is 47.5 Å². The number of carbonyl (C=O) groups is 2. The summed E-state index contributed by atoms with van der Waals surface area (Å²) in [7, 11) is 1.71. The molecule has 2 aromatic carbocycles. The zero-order chi connectivity index (χ0) is 36.6. The fraction of sp³-hybridized carbons (Fsp3) is 0.351. The molecule has 2 aliphatic heterocycles.